The van der Waals surface area contributed by atoms with Gasteiger partial charge < -0.3 is 4.98 Å². The van der Waals surface area contributed by atoms with Crippen molar-refractivity contribution in [3.8, 4) is 0 Å². The zero-order chi connectivity index (χ0) is 12.7. The van der Waals surface area contributed by atoms with Crippen LogP contribution in [-0.4, -0.2) is 15.8 Å². The number of benzene rings is 1. The van der Waals surface area contributed by atoms with Crippen LogP contribution in [0.15, 0.2) is 24.7 Å². The number of carbonyl (C=O) groups is 1. The minimum atomic E-state index is -0.277. The van der Waals surface area contributed by atoms with Crippen molar-refractivity contribution in [2.45, 2.75) is 25.7 Å². The number of hydrogen-bond acceptors (Lipinski definition) is 2. The molecule has 18 heavy (non-hydrogen) atoms. The molecule has 0 radical (unpaired) electrons. The second-order valence-corrected chi connectivity index (χ2v) is 4.67. The maximum atomic E-state index is 13.6. The van der Waals surface area contributed by atoms with Gasteiger partial charge >= 0.3 is 0 Å². The average Bonchev–Trinajstić information content (AvgIpc) is 2.97. The Morgan fingerprint density at radius 1 is 1.39 bits per heavy atom. The van der Waals surface area contributed by atoms with Crippen LogP contribution in [0.25, 0.3) is 0 Å². The molecule has 1 aliphatic carbocycles. The molecule has 1 N–H and O–H groups in total. The number of Topliss-reactive ketones (excluding diaryl/α,β-unsaturated/α-hetero) is 1. The monoisotopic (exact) mass is 244 g/mol. The van der Waals surface area contributed by atoms with E-state index < -0.39 is 0 Å². The summed E-state index contributed by atoms with van der Waals surface area (Å²) in [6, 6.07) is 2.93. The fourth-order valence-electron chi connectivity index (χ4n) is 2.61. The summed E-state index contributed by atoms with van der Waals surface area (Å²) in [6.45, 7) is 1.94. The Bertz CT molecular complexity index is 605. The highest BCUT2D eigenvalue weighted by Crippen LogP contribution is 2.33. The predicted molar refractivity (Wildman–Crippen MR) is 65.2 cm³/mol. The summed E-state index contributed by atoms with van der Waals surface area (Å²) in [6.07, 6.45) is 4.50. The van der Waals surface area contributed by atoms with Crippen molar-refractivity contribution in [3.05, 3.63) is 52.9 Å². The fourth-order valence-corrected chi connectivity index (χ4v) is 2.61. The number of halogens is 1. The Hall–Kier alpha value is -1.97. The number of H-pyrrole nitrogens is 1. The molecular weight excluding hydrogens is 231 g/mol. The van der Waals surface area contributed by atoms with E-state index in [0.717, 1.165) is 16.8 Å². The largest absolute Gasteiger partial charge is 0.351 e. The van der Waals surface area contributed by atoms with Crippen LogP contribution in [0.1, 0.15) is 46.4 Å². The molecule has 0 amide bonds. The van der Waals surface area contributed by atoms with Crippen molar-refractivity contribution in [1.82, 2.24) is 9.97 Å². The van der Waals surface area contributed by atoms with Crippen LogP contribution >= 0.6 is 0 Å². The van der Waals surface area contributed by atoms with E-state index in [0.29, 0.717) is 18.4 Å². The number of fused-ring (bicyclic) bond motifs is 1. The van der Waals surface area contributed by atoms with E-state index >= 15 is 0 Å². The fraction of sp³-hybridized carbons (Fsp3) is 0.286. The van der Waals surface area contributed by atoms with Gasteiger partial charge in [-0.2, -0.15) is 0 Å². The lowest BCUT2D eigenvalue weighted by atomic mass is 9.91. The number of hydrogen-bond donors (Lipinski definition) is 1. The van der Waals surface area contributed by atoms with Crippen LogP contribution in [0.2, 0.25) is 0 Å². The summed E-state index contributed by atoms with van der Waals surface area (Å²) in [4.78, 5) is 19.0. The van der Waals surface area contributed by atoms with Crippen LogP contribution < -0.4 is 0 Å². The lowest BCUT2D eigenvalue weighted by Gasteiger charge is -2.13. The third kappa shape index (κ3) is 1.65. The van der Waals surface area contributed by atoms with Crippen molar-refractivity contribution >= 4 is 5.78 Å². The van der Waals surface area contributed by atoms with Crippen molar-refractivity contribution in [3.63, 3.8) is 0 Å². The lowest BCUT2D eigenvalue weighted by molar-refractivity contribution is 0.0993. The van der Waals surface area contributed by atoms with Crippen LogP contribution in [0.3, 0.4) is 0 Å². The third-order valence-electron chi connectivity index (χ3n) is 3.55. The number of imidazole rings is 1. The number of rotatable bonds is 2. The predicted octanol–water partition coefficient (Wildman–Crippen LogP) is 2.83. The van der Waals surface area contributed by atoms with E-state index in [9.17, 15) is 9.18 Å². The molecule has 2 aromatic rings. The number of aryl methyl sites for hydroxylation is 1. The smallest absolute Gasteiger partial charge is 0.163 e. The molecule has 4 heteroatoms. The number of ketones is 1. The Kier molecular flexibility index (Phi) is 2.51. The van der Waals surface area contributed by atoms with Gasteiger partial charge in [0, 0.05) is 24.1 Å². The van der Waals surface area contributed by atoms with Crippen LogP contribution in [0.4, 0.5) is 4.39 Å². The van der Waals surface area contributed by atoms with Gasteiger partial charge in [0.05, 0.1) is 12.0 Å². The number of nitrogens with one attached hydrogen (secondary N) is 1. The Morgan fingerprint density at radius 3 is 2.94 bits per heavy atom. The second kappa shape index (κ2) is 4.05. The Morgan fingerprint density at radius 2 is 2.22 bits per heavy atom. The van der Waals surface area contributed by atoms with E-state index in [-0.39, 0.29) is 17.5 Å². The van der Waals surface area contributed by atoms with Gasteiger partial charge in [0.1, 0.15) is 5.82 Å². The highest BCUT2D eigenvalue weighted by Gasteiger charge is 2.27. The maximum Gasteiger partial charge on any atom is 0.163 e. The minimum Gasteiger partial charge on any atom is -0.351 e. The first kappa shape index (κ1) is 11.1. The Balaban J connectivity index is 2.15. The molecule has 0 fully saturated rings. The number of aromatic amines is 1. The zero-order valence-corrected chi connectivity index (χ0v) is 10.0. The van der Waals surface area contributed by atoms with Crippen molar-refractivity contribution < 1.29 is 9.18 Å². The number of carbonyl (C=O) groups excluding carboxylic acids is 1. The van der Waals surface area contributed by atoms with Crippen molar-refractivity contribution in [2.24, 2.45) is 0 Å². The van der Waals surface area contributed by atoms with Gasteiger partial charge in [-0.25, -0.2) is 9.37 Å². The molecule has 1 unspecified atom stereocenters. The summed E-state index contributed by atoms with van der Waals surface area (Å²) in [5.41, 5.74) is 3.10. The summed E-state index contributed by atoms with van der Waals surface area (Å²) < 4.78 is 13.6. The summed E-state index contributed by atoms with van der Waals surface area (Å²) in [5.74, 6) is -0.244. The van der Waals surface area contributed by atoms with E-state index in [2.05, 4.69) is 9.97 Å². The molecule has 1 aromatic heterocycles. The molecule has 1 atom stereocenters. The van der Waals surface area contributed by atoms with Crippen LogP contribution in [-0.2, 0) is 6.42 Å². The highest BCUT2D eigenvalue weighted by molar-refractivity contribution is 6.02. The highest BCUT2D eigenvalue weighted by atomic mass is 19.1. The van der Waals surface area contributed by atoms with E-state index in [1.54, 1.807) is 12.5 Å². The van der Waals surface area contributed by atoms with Crippen molar-refractivity contribution in [1.29, 1.82) is 0 Å². The van der Waals surface area contributed by atoms with Crippen LogP contribution in [0.5, 0.6) is 0 Å². The molecule has 92 valence electrons. The van der Waals surface area contributed by atoms with E-state index in [4.69, 9.17) is 0 Å². The third-order valence-corrected chi connectivity index (χ3v) is 3.55. The van der Waals surface area contributed by atoms with Gasteiger partial charge in [-0.3, -0.25) is 4.79 Å². The molecule has 0 aliphatic heterocycles. The first-order valence-corrected chi connectivity index (χ1v) is 6.01. The molecule has 0 saturated heterocycles. The van der Waals surface area contributed by atoms with Crippen LogP contribution in [0, 0.1) is 5.82 Å². The zero-order valence-electron chi connectivity index (χ0n) is 10.0. The molecule has 3 nitrogen and oxygen atoms in total. The first-order chi connectivity index (χ1) is 8.66. The van der Waals surface area contributed by atoms with Gasteiger partial charge in [-0.15, -0.1) is 0 Å². The normalized spacial score (nSPS) is 15.8. The van der Waals surface area contributed by atoms with Gasteiger partial charge in [0.25, 0.3) is 0 Å². The molecule has 3 rings (SSSR count). The standard InChI is InChI=1S/C14H13FN2O/c1-8(12-6-16-7-17-12)11-5-10(15)4-9-2-3-13(18)14(9)11/h4-8H,2-3H2,1H3,(H,16,17). The number of aromatic nitrogens is 2. The first-order valence-electron chi connectivity index (χ1n) is 6.01. The summed E-state index contributed by atoms with van der Waals surface area (Å²) in [7, 11) is 0. The Labute approximate surface area is 104 Å². The summed E-state index contributed by atoms with van der Waals surface area (Å²) in [5, 5.41) is 0. The average molecular weight is 244 g/mol. The topological polar surface area (TPSA) is 45.8 Å². The van der Waals surface area contributed by atoms with Gasteiger partial charge in [0.2, 0.25) is 0 Å². The summed E-state index contributed by atoms with van der Waals surface area (Å²) >= 11 is 0. The maximum absolute atomic E-state index is 13.6. The minimum absolute atomic E-state index is 0.0808. The quantitative estimate of drug-likeness (QED) is 0.882. The molecule has 0 saturated carbocycles. The van der Waals surface area contributed by atoms with Gasteiger partial charge in [-0.1, -0.05) is 6.92 Å². The number of nitrogens with zero attached hydrogens (tertiary/aromatic N) is 1. The molecule has 1 aromatic carbocycles. The van der Waals surface area contributed by atoms with Gasteiger partial charge in [-0.05, 0) is 29.7 Å². The molecule has 0 spiro atoms. The van der Waals surface area contributed by atoms with E-state index in [1.165, 1.54) is 12.1 Å². The lowest BCUT2D eigenvalue weighted by Crippen LogP contribution is -2.06. The SMILES string of the molecule is CC(c1c[nH]cn1)c1cc(F)cc2c1C(=O)CC2. The van der Waals surface area contributed by atoms with E-state index in [1.807, 2.05) is 6.92 Å². The van der Waals surface area contributed by atoms with Crippen molar-refractivity contribution in [2.75, 3.05) is 0 Å². The van der Waals surface area contributed by atoms with Gasteiger partial charge in [0.15, 0.2) is 5.78 Å². The molecular formula is C14H13FN2O. The molecule has 1 aliphatic rings. The molecule has 1 heterocycles. The molecule has 0 bridgehead atoms. The second-order valence-electron chi connectivity index (χ2n) is 4.67.